The lowest BCUT2D eigenvalue weighted by molar-refractivity contribution is -0.119. The minimum absolute atomic E-state index is 0.0180. The number of hydrogen-bond acceptors (Lipinski definition) is 5. The molecule has 0 saturated heterocycles. The zero-order valence-electron chi connectivity index (χ0n) is 12.6. The van der Waals surface area contributed by atoms with Gasteiger partial charge >= 0.3 is 0 Å². The molecule has 7 nitrogen and oxygen atoms in total. The van der Waals surface area contributed by atoms with Crippen molar-refractivity contribution in [1.29, 1.82) is 0 Å². The summed E-state index contributed by atoms with van der Waals surface area (Å²) in [5.41, 5.74) is 1.18. The van der Waals surface area contributed by atoms with E-state index in [-0.39, 0.29) is 24.6 Å². The van der Waals surface area contributed by atoms with Crippen molar-refractivity contribution in [2.45, 2.75) is 25.4 Å². The fourth-order valence-electron chi connectivity index (χ4n) is 2.65. The molecule has 3 rings (SSSR count). The normalized spacial score (nSPS) is 20.1. The SMILES string of the molecule is COCC(=O)Nc1nc2n(n1)[C@@H](c1ccccc1)C[C@H](C)N2. The summed E-state index contributed by atoms with van der Waals surface area (Å²) in [6.07, 6.45) is 0.909. The number of ether oxygens (including phenoxy) is 1. The monoisotopic (exact) mass is 301 g/mol. The molecular weight excluding hydrogens is 282 g/mol. The third-order valence-corrected chi connectivity index (χ3v) is 3.59. The molecular formula is C15H19N5O2. The predicted octanol–water partition coefficient (Wildman–Crippen LogP) is 1.66. The van der Waals surface area contributed by atoms with Gasteiger partial charge in [-0.1, -0.05) is 30.3 Å². The molecule has 116 valence electrons. The van der Waals surface area contributed by atoms with Gasteiger partial charge in [-0.15, -0.1) is 5.10 Å². The van der Waals surface area contributed by atoms with Crippen molar-refractivity contribution >= 4 is 17.8 Å². The summed E-state index contributed by atoms with van der Waals surface area (Å²) in [5.74, 6) is 0.689. The summed E-state index contributed by atoms with van der Waals surface area (Å²) in [7, 11) is 1.47. The fraction of sp³-hybridized carbons (Fsp3) is 0.400. The molecule has 2 N–H and O–H groups in total. The van der Waals surface area contributed by atoms with Crippen molar-refractivity contribution in [2.24, 2.45) is 0 Å². The van der Waals surface area contributed by atoms with Crippen molar-refractivity contribution in [3.8, 4) is 0 Å². The van der Waals surface area contributed by atoms with Crippen LogP contribution in [0.1, 0.15) is 24.9 Å². The molecule has 1 aliphatic rings. The van der Waals surface area contributed by atoms with Crippen LogP contribution in [0.4, 0.5) is 11.9 Å². The Morgan fingerprint density at radius 2 is 2.23 bits per heavy atom. The summed E-state index contributed by atoms with van der Waals surface area (Å²) >= 11 is 0. The third-order valence-electron chi connectivity index (χ3n) is 3.59. The largest absolute Gasteiger partial charge is 0.375 e. The Hall–Kier alpha value is -2.41. The van der Waals surface area contributed by atoms with Gasteiger partial charge in [-0.2, -0.15) is 4.98 Å². The first-order valence-corrected chi connectivity index (χ1v) is 7.24. The average molecular weight is 301 g/mol. The van der Waals surface area contributed by atoms with Gasteiger partial charge < -0.3 is 10.1 Å². The van der Waals surface area contributed by atoms with E-state index in [1.807, 2.05) is 22.9 Å². The lowest BCUT2D eigenvalue weighted by atomic mass is 9.99. The highest BCUT2D eigenvalue weighted by Crippen LogP contribution is 2.31. The van der Waals surface area contributed by atoms with Crippen molar-refractivity contribution in [3.63, 3.8) is 0 Å². The number of nitrogens with zero attached hydrogens (tertiary/aromatic N) is 3. The predicted molar refractivity (Wildman–Crippen MR) is 82.8 cm³/mol. The van der Waals surface area contributed by atoms with E-state index in [1.54, 1.807) is 0 Å². The topological polar surface area (TPSA) is 81.1 Å². The molecule has 1 aromatic heterocycles. The number of carbonyl (C=O) groups is 1. The van der Waals surface area contributed by atoms with Crippen LogP contribution in [-0.2, 0) is 9.53 Å². The lowest BCUT2D eigenvalue weighted by Gasteiger charge is -2.29. The second-order valence-corrected chi connectivity index (χ2v) is 5.39. The maximum atomic E-state index is 11.6. The first-order chi connectivity index (χ1) is 10.7. The number of fused-ring (bicyclic) bond motifs is 1. The van der Waals surface area contributed by atoms with Gasteiger partial charge in [-0.25, -0.2) is 4.68 Å². The molecule has 0 radical (unpaired) electrons. The molecule has 2 aromatic rings. The van der Waals surface area contributed by atoms with Gasteiger partial charge in [-0.05, 0) is 18.9 Å². The Bertz CT molecular complexity index is 655. The zero-order chi connectivity index (χ0) is 15.5. The molecule has 0 unspecified atom stereocenters. The minimum atomic E-state index is -0.269. The highest BCUT2D eigenvalue weighted by Gasteiger charge is 2.28. The van der Waals surface area contributed by atoms with Crippen LogP contribution >= 0.6 is 0 Å². The van der Waals surface area contributed by atoms with Crippen LogP contribution in [0.5, 0.6) is 0 Å². The Balaban J connectivity index is 1.89. The summed E-state index contributed by atoms with van der Waals surface area (Å²) in [4.78, 5) is 15.9. The standard InChI is InChI=1S/C15H19N5O2/c1-10-8-12(11-6-4-3-5-7-11)20-15(16-10)18-14(19-20)17-13(21)9-22-2/h3-7,10,12H,8-9H2,1-2H3,(H2,16,17,18,19,21)/t10-,12+/m0/s1. The van der Waals surface area contributed by atoms with Gasteiger partial charge in [0.05, 0.1) is 6.04 Å². The maximum Gasteiger partial charge on any atom is 0.252 e. The van der Waals surface area contributed by atoms with Crippen LogP contribution in [0, 0.1) is 0 Å². The Kier molecular flexibility index (Phi) is 4.06. The molecule has 0 bridgehead atoms. The Labute approximate surface area is 128 Å². The van der Waals surface area contributed by atoms with Gasteiger partial charge in [0.25, 0.3) is 11.9 Å². The van der Waals surface area contributed by atoms with Gasteiger partial charge in [0, 0.05) is 13.2 Å². The maximum absolute atomic E-state index is 11.6. The first kappa shape index (κ1) is 14.5. The van der Waals surface area contributed by atoms with E-state index in [0.717, 1.165) is 6.42 Å². The highest BCUT2D eigenvalue weighted by atomic mass is 16.5. The molecule has 7 heteroatoms. The smallest absolute Gasteiger partial charge is 0.252 e. The second-order valence-electron chi connectivity index (χ2n) is 5.39. The minimum Gasteiger partial charge on any atom is -0.375 e. The lowest BCUT2D eigenvalue weighted by Crippen LogP contribution is -2.31. The third kappa shape index (κ3) is 2.94. The van der Waals surface area contributed by atoms with Crippen molar-refractivity contribution < 1.29 is 9.53 Å². The van der Waals surface area contributed by atoms with Crippen LogP contribution in [0.2, 0.25) is 0 Å². The van der Waals surface area contributed by atoms with E-state index in [1.165, 1.54) is 12.7 Å². The van der Waals surface area contributed by atoms with Gasteiger partial charge in [0.1, 0.15) is 6.61 Å². The Morgan fingerprint density at radius 3 is 2.95 bits per heavy atom. The summed E-state index contributed by atoms with van der Waals surface area (Å²) in [5, 5.41) is 10.4. The fourth-order valence-corrected chi connectivity index (χ4v) is 2.65. The number of nitrogens with one attached hydrogen (secondary N) is 2. The van der Waals surface area contributed by atoms with E-state index in [2.05, 4.69) is 39.8 Å². The molecule has 0 saturated carbocycles. The molecule has 0 aliphatic carbocycles. The summed E-state index contributed by atoms with van der Waals surface area (Å²) in [6.45, 7) is 2.09. The van der Waals surface area contributed by atoms with Crippen LogP contribution in [-0.4, -0.2) is 40.4 Å². The quantitative estimate of drug-likeness (QED) is 0.897. The molecule has 0 spiro atoms. The molecule has 2 atom stereocenters. The van der Waals surface area contributed by atoms with Gasteiger partial charge in [-0.3, -0.25) is 10.1 Å². The molecule has 0 fully saturated rings. The Morgan fingerprint density at radius 1 is 1.45 bits per heavy atom. The van der Waals surface area contributed by atoms with Crippen molar-refractivity contribution in [1.82, 2.24) is 14.8 Å². The van der Waals surface area contributed by atoms with Gasteiger partial charge in [0.15, 0.2) is 0 Å². The first-order valence-electron chi connectivity index (χ1n) is 7.24. The number of benzene rings is 1. The second kappa shape index (κ2) is 6.15. The average Bonchev–Trinajstić information content (AvgIpc) is 2.89. The number of hydrogen-bond donors (Lipinski definition) is 2. The van der Waals surface area contributed by atoms with E-state index >= 15 is 0 Å². The highest BCUT2D eigenvalue weighted by molar-refractivity contribution is 5.90. The van der Waals surface area contributed by atoms with E-state index in [9.17, 15) is 4.79 Å². The molecule has 2 heterocycles. The molecule has 1 amide bonds. The summed E-state index contributed by atoms with van der Waals surface area (Å²) in [6, 6.07) is 10.6. The van der Waals surface area contributed by atoms with Gasteiger partial charge in [0.2, 0.25) is 5.95 Å². The number of rotatable bonds is 4. The van der Waals surface area contributed by atoms with Crippen molar-refractivity contribution in [2.75, 3.05) is 24.4 Å². The van der Waals surface area contributed by atoms with E-state index in [0.29, 0.717) is 11.9 Å². The molecule has 22 heavy (non-hydrogen) atoms. The van der Waals surface area contributed by atoms with Crippen molar-refractivity contribution in [3.05, 3.63) is 35.9 Å². The number of amides is 1. The van der Waals surface area contributed by atoms with Crippen LogP contribution < -0.4 is 10.6 Å². The number of carbonyl (C=O) groups excluding carboxylic acids is 1. The van der Waals surface area contributed by atoms with Crippen LogP contribution in [0.15, 0.2) is 30.3 Å². The zero-order valence-corrected chi connectivity index (χ0v) is 12.6. The van der Waals surface area contributed by atoms with Crippen LogP contribution in [0.25, 0.3) is 0 Å². The molecule has 1 aromatic carbocycles. The number of aromatic nitrogens is 3. The van der Waals surface area contributed by atoms with E-state index in [4.69, 9.17) is 4.74 Å². The van der Waals surface area contributed by atoms with Crippen LogP contribution in [0.3, 0.4) is 0 Å². The number of methoxy groups -OCH3 is 1. The van der Waals surface area contributed by atoms with E-state index < -0.39 is 0 Å². The number of anilines is 2. The molecule has 1 aliphatic heterocycles. The summed E-state index contributed by atoms with van der Waals surface area (Å²) < 4.78 is 6.63.